The van der Waals surface area contributed by atoms with Gasteiger partial charge in [0, 0.05) is 30.3 Å². The average Bonchev–Trinajstić information content (AvgIpc) is 3.03. The molecule has 0 spiro atoms. The summed E-state index contributed by atoms with van der Waals surface area (Å²) in [7, 11) is 1.69. The lowest BCUT2D eigenvalue weighted by atomic mass is 9.89. The van der Waals surface area contributed by atoms with E-state index in [9.17, 15) is 14.4 Å². The molecule has 0 atom stereocenters. The fourth-order valence-electron chi connectivity index (χ4n) is 3.27. The molecule has 0 unspecified atom stereocenters. The number of nitrogens with one attached hydrogen (secondary N) is 2. The maximum Gasteiger partial charge on any atom is 0.276 e. The summed E-state index contributed by atoms with van der Waals surface area (Å²) in [5.41, 5.74) is 1.37. The molecule has 7 nitrogen and oxygen atoms in total. The number of hydrogen-bond donors (Lipinski definition) is 2. The van der Waals surface area contributed by atoms with E-state index in [1.807, 2.05) is 0 Å². The zero-order valence-electron chi connectivity index (χ0n) is 15.6. The Kier molecular flexibility index (Phi) is 5.69. The van der Waals surface area contributed by atoms with Crippen LogP contribution in [0.3, 0.4) is 0 Å². The van der Waals surface area contributed by atoms with Gasteiger partial charge in [0.2, 0.25) is 5.91 Å². The average molecular weight is 368 g/mol. The highest BCUT2D eigenvalue weighted by Crippen LogP contribution is 2.25. The van der Waals surface area contributed by atoms with Gasteiger partial charge in [0.05, 0.1) is 0 Å². The monoisotopic (exact) mass is 368 g/mol. The molecule has 1 aromatic carbocycles. The number of aromatic nitrogens is 2. The van der Waals surface area contributed by atoms with E-state index in [1.54, 1.807) is 37.4 Å². The van der Waals surface area contributed by atoms with E-state index in [1.165, 1.54) is 18.0 Å². The molecule has 0 saturated heterocycles. The maximum absolute atomic E-state index is 12.4. The highest BCUT2D eigenvalue weighted by molar-refractivity contribution is 6.04. The van der Waals surface area contributed by atoms with Gasteiger partial charge in [-0.2, -0.15) is 5.10 Å². The first-order valence-corrected chi connectivity index (χ1v) is 9.21. The highest BCUT2D eigenvalue weighted by Gasteiger charge is 2.22. The normalized spacial score (nSPS) is 14.6. The van der Waals surface area contributed by atoms with Crippen molar-refractivity contribution < 1.29 is 14.4 Å². The molecule has 1 aliphatic rings. The number of aryl methyl sites for hydroxylation is 1. The number of carbonyl (C=O) groups is 3. The van der Waals surface area contributed by atoms with Crippen molar-refractivity contribution in [1.82, 2.24) is 9.78 Å². The van der Waals surface area contributed by atoms with Crippen LogP contribution in [0.2, 0.25) is 0 Å². The number of nitrogens with zero attached hydrogens (tertiary/aromatic N) is 2. The molecule has 1 saturated carbocycles. The molecule has 2 N–H and O–H groups in total. The SMILES string of the molecule is CC(=O)c1ccc(NC(=O)c2cc(NC(=O)C3CCCCC3)n(C)n2)cc1. The number of amides is 2. The summed E-state index contributed by atoms with van der Waals surface area (Å²) in [5.74, 6) is 0.119. The Morgan fingerprint density at radius 1 is 1.04 bits per heavy atom. The molecule has 3 rings (SSSR count). The number of anilines is 2. The minimum Gasteiger partial charge on any atom is -0.321 e. The maximum atomic E-state index is 12.4. The van der Waals surface area contributed by atoms with Crippen molar-refractivity contribution in [3.05, 3.63) is 41.6 Å². The number of Topliss-reactive ketones (excluding diaryl/α,β-unsaturated/α-hetero) is 1. The highest BCUT2D eigenvalue weighted by atomic mass is 16.2. The van der Waals surface area contributed by atoms with Gasteiger partial charge in [-0.1, -0.05) is 19.3 Å². The van der Waals surface area contributed by atoms with Crippen LogP contribution in [0.25, 0.3) is 0 Å². The van der Waals surface area contributed by atoms with Crippen LogP contribution in [0.1, 0.15) is 59.9 Å². The second kappa shape index (κ2) is 8.16. The third kappa shape index (κ3) is 4.61. The first-order chi connectivity index (χ1) is 12.9. The number of ketones is 1. The molecule has 0 aliphatic heterocycles. The molecular formula is C20H24N4O3. The summed E-state index contributed by atoms with van der Waals surface area (Å²) in [4.78, 5) is 36.1. The van der Waals surface area contributed by atoms with E-state index < -0.39 is 0 Å². The molecule has 2 aromatic rings. The van der Waals surface area contributed by atoms with Crippen LogP contribution < -0.4 is 10.6 Å². The standard InChI is InChI=1S/C20H24N4O3/c1-13(25)14-8-10-16(11-9-14)21-20(27)17-12-18(24(2)23-17)22-19(26)15-6-4-3-5-7-15/h8-12,15H,3-7H2,1-2H3,(H,21,27)(H,22,26). The smallest absolute Gasteiger partial charge is 0.276 e. The van der Waals surface area contributed by atoms with E-state index in [4.69, 9.17) is 0 Å². The van der Waals surface area contributed by atoms with Crippen molar-refractivity contribution in [2.45, 2.75) is 39.0 Å². The van der Waals surface area contributed by atoms with Gasteiger partial charge >= 0.3 is 0 Å². The zero-order chi connectivity index (χ0) is 19.4. The van der Waals surface area contributed by atoms with Crippen LogP contribution in [0.5, 0.6) is 0 Å². The summed E-state index contributed by atoms with van der Waals surface area (Å²) in [6.07, 6.45) is 5.17. The summed E-state index contributed by atoms with van der Waals surface area (Å²) in [6.45, 7) is 1.49. The molecule has 1 aliphatic carbocycles. The first kappa shape index (κ1) is 18.8. The molecule has 1 fully saturated rings. The molecule has 2 amide bonds. The Hall–Kier alpha value is -2.96. The third-order valence-electron chi connectivity index (χ3n) is 4.89. The molecule has 1 aromatic heterocycles. The van der Waals surface area contributed by atoms with Crippen molar-refractivity contribution in [2.24, 2.45) is 13.0 Å². The molecule has 0 radical (unpaired) electrons. The van der Waals surface area contributed by atoms with Crippen LogP contribution in [0, 0.1) is 5.92 Å². The summed E-state index contributed by atoms with van der Waals surface area (Å²) in [5, 5.41) is 9.81. The van der Waals surface area contributed by atoms with Crippen LogP contribution in [0.4, 0.5) is 11.5 Å². The summed E-state index contributed by atoms with van der Waals surface area (Å²) in [6, 6.07) is 8.23. The fourth-order valence-corrected chi connectivity index (χ4v) is 3.27. The number of benzene rings is 1. The summed E-state index contributed by atoms with van der Waals surface area (Å²) >= 11 is 0. The van der Waals surface area contributed by atoms with Crippen molar-refractivity contribution >= 4 is 29.1 Å². The predicted molar refractivity (Wildman–Crippen MR) is 103 cm³/mol. The van der Waals surface area contributed by atoms with E-state index in [0.29, 0.717) is 17.1 Å². The quantitative estimate of drug-likeness (QED) is 0.791. The lowest BCUT2D eigenvalue weighted by molar-refractivity contribution is -0.120. The van der Waals surface area contributed by atoms with Gasteiger partial charge in [0.25, 0.3) is 5.91 Å². The lowest BCUT2D eigenvalue weighted by Gasteiger charge is -2.20. The first-order valence-electron chi connectivity index (χ1n) is 9.21. The Morgan fingerprint density at radius 2 is 1.70 bits per heavy atom. The van der Waals surface area contributed by atoms with E-state index in [-0.39, 0.29) is 29.2 Å². The topological polar surface area (TPSA) is 93.1 Å². The molecule has 1 heterocycles. The molecular weight excluding hydrogens is 344 g/mol. The van der Waals surface area contributed by atoms with Gasteiger partial charge in [0.1, 0.15) is 5.82 Å². The molecule has 7 heteroatoms. The Morgan fingerprint density at radius 3 is 2.33 bits per heavy atom. The second-order valence-corrected chi connectivity index (χ2v) is 6.95. The van der Waals surface area contributed by atoms with E-state index in [0.717, 1.165) is 25.7 Å². The van der Waals surface area contributed by atoms with Crippen LogP contribution in [0.15, 0.2) is 30.3 Å². The molecule has 27 heavy (non-hydrogen) atoms. The van der Waals surface area contributed by atoms with Crippen molar-refractivity contribution in [1.29, 1.82) is 0 Å². The van der Waals surface area contributed by atoms with Gasteiger partial charge in [-0.25, -0.2) is 0 Å². The van der Waals surface area contributed by atoms with Gasteiger partial charge in [-0.3, -0.25) is 19.1 Å². The Labute approximate surface area is 158 Å². The predicted octanol–water partition coefficient (Wildman–Crippen LogP) is 3.39. The van der Waals surface area contributed by atoms with Gasteiger partial charge in [-0.05, 0) is 44.0 Å². The minimum absolute atomic E-state index is 0.00974. The van der Waals surface area contributed by atoms with Crippen molar-refractivity contribution in [3.8, 4) is 0 Å². The van der Waals surface area contributed by atoms with Crippen LogP contribution in [-0.2, 0) is 11.8 Å². The van der Waals surface area contributed by atoms with E-state index in [2.05, 4.69) is 15.7 Å². The van der Waals surface area contributed by atoms with Gasteiger partial charge in [0.15, 0.2) is 11.5 Å². The molecule has 142 valence electrons. The fraction of sp³-hybridized carbons (Fsp3) is 0.400. The number of hydrogen-bond acceptors (Lipinski definition) is 4. The van der Waals surface area contributed by atoms with Crippen LogP contribution >= 0.6 is 0 Å². The largest absolute Gasteiger partial charge is 0.321 e. The zero-order valence-corrected chi connectivity index (χ0v) is 15.6. The Balaban J connectivity index is 1.65. The van der Waals surface area contributed by atoms with Crippen molar-refractivity contribution in [2.75, 3.05) is 10.6 Å². The lowest BCUT2D eigenvalue weighted by Crippen LogP contribution is -2.25. The van der Waals surface area contributed by atoms with Crippen LogP contribution in [-0.4, -0.2) is 27.4 Å². The van der Waals surface area contributed by atoms with E-state index >= 15 is 0 Å². The Bertz CT molecular complexity index is 849. The minimum atomic E-state index is -0.376. The van der Waals surface area contributed by atoms with Crippen molar-refractivity contribution in [3.63, 3.8) is 0 Å². The summed E-state index contributed by atoms with van der Waals surface area (Å²) < 4.78 is 1.49. The second-order valence-electron chi connectivity index (χ2n) is 6.95. The number of carbonyl (C=O) groups excluding carboxylic acids is 3. The van der Waals surface area contributed by atoms with Gasteiger partial charge in [-0.15, -0.1) is 0 Å². The third-order valence-corrected chi connectivity index (χ3v) is 4.89. The van der Waals surface area contributed by atoms with Gasteiger partial charge < -0.3 is 10.6 Å². The molecule has 0 bridgehead atoms. The number of rotatable bonds is 5.